The van der Waals surface area contributed by atoms with Crippen molar-refractivity contribution in [2.24, 2.45) is 0 Å². The standard InChI is InChI=1S/C18H18N2O4S/c1-18(14-8-4-2-5-9-14)16(21)20(17(22)19-18)12-13-25(23,24)15-10-6-3-7-11-15/h2-11H,12-13H2,1H3,(H,19,22). The minimum Gasteiger partial charge on any atom is -0.319 e. The summed E-state index contributed by atoms with van der Waals surface area (Å²) in [4.78, 5) is 26.1. The highest BCUT2D eigenvalue weighted by molar-refractivity contribution is 7.91. The van der Waals surface area contributed by atoms with Crippen molar-refractivity contribution >= 4 is 21.8 Å². The number of hydrogen-bond donors (Lipinski definition) is 1. The fourth-order valence-electron chi connectivity index (χ4n) is 2.82. The first-order valence-electron chi connectivity index (χ1n) is 7.82. The first kappa shape index (κ1) is 17.2. The topological polar surface area (TPSA) is 83.6 Å². The molecule has 1 atom stereocenters. The number of sulfone groups is 1. The van der Waals surface area contributed by atoms with E-state index in [0.717, 1.165) is 4.90 Å². The Bertz CT molecular complexity index is 897. The molecule has 2 aromatic rings. The molecule has 1 unspecified atom stereocenters. The van der Waals surface area contributed by atoms with Crippen LogP contribution < -0.4 is 5.32 Å². The number of amides is 3. The Morgan fingerprint density at radius 2 is 1.52 bits per heavy atom. The van der Waals surface area contributed by atoms with Crippen molar-refractivity contribution in [3.63, 3.8) is 0 Å². The molecule has 0 radical (unpaired) electrons. The third kappa shape index (κ3) is 3.15. The average Bonchev–Trinajstić information content (AvgIpc) is 2.85. The van der Waals surface area contributed by atoms with E-state index in [2.05, 4.69) is 5.32 Å². The molecule has 3 amide bonds. The number of hydrogen-bond acceptors (Lipinski definition) is 4. The number of urea groups is 1. The summed E-state index contributed by atoms with van der Waals surface area (Å²) in [7, 11) is -3.57. The van der Waals surface area contributed by atoms with Crippen molar-refractivity contribution in [3.05, 3.63) is 66.2 Å². The van der Waals surface area contributed by atoms with Crippen LogP contribution in [0.25, 0.3) is 0 Å². The summed E-state index contributed by atoms with van der Waals surface area (Å²) < 4.78 is 24.7. The second-order valence-electron chi connectivity index (χ2n) is 6.01. The van der Waals surface area contributed by atoms with Gasteiger partial charge in [-0.05, 0) is 24.6 Å². The molecule has 3 rings (SSSR count). The summed E-state index contributed by atoms with van der Waals surface area (Å²) in [5.74, 6) is -0.770. The van der Waals surface area contributed by atoms with Gasteiger partial charge < -0.3 is 5.32 Å². The van der Waals surface area contributed by atoms with Gasteiger partial charge in [-0.1, -0.05) is 48.5 Å². The molecule has 0 bridgehead atoms. The zero-order valence-electron chi connectivity index (χ0n) is 13.7. The molecule has 0 saturated carbocycles. The summed E-state index contributed by atoms with van der Waals surface area (Å²) in [6.45, 7) is 1.43. The van der Waals surface area contributed by atoms with E-state index in [9.17, 15) is 18.0 Å². The van der Waals surface area contributed by atoms with E-state index in [4.69, 9.17) is 0 Å². The molecular weight excluding hydrogens is 340 g/mol. The fraction of sp³-hybridized carbons (Fsp3) is 0.222. The van der Waals surface area contributed by atoms with Crippen LogP contribution in [0.2, 0.25) is 0 Å². The van der Waals surface area contributed by atoms with Crippen molar-refractivity contribution in [2.45, 2.75) is 17.4 Å². The quantitative estimate of drug-likeness (QED) is 0.828. The van der Waals surface area contributed by atoms with Crippen molar-refractivity contribution in [3.8, 4) is 0 Å². The van der Waals surface area contributed by atoms with E-state index in [1.165, 1.54) is 12.1 Å². The Morgan fingerprint density at radius 3 is 2.12 bits per heavy atom. The largest absolute Gasteiger partial charge is 0.325 e. The van der Waals surface area contributed by atoms with Crippen molar-refractivity contribution in [1.82, 2.24) is 10.2 Å². The average molecular weight is 358 g/mol. The van der Waals surface area contributed by atoms with Crippen LogP contribution in [0.1, 0.15) is 12.5 Å². The molecule has 2 aromatic carbocycles. The lowest BCUT2D eigenvalue weighted by Crippen LogP contribution is -2.41. The molecule has 0 spiro atoms. The monoisotopic (exact) mass is 358 g/mol. The summed E-state index contributed by atoms with van der Waals surface area (Å²) in [5.41, 5.74) is -0.531. The highest BCUT2D eigenvalue weighted by atomic mass is 32.2. The lowest BCUT2D eigenvalue weighted by atomic mass is 9.92. The Hall–Kier alpha value is -2.67. The predicted molar refractivity (Wildman–Crippen MR) is 92.5 cm³/mol. The molecule has 1 N–H and O–H groups in total. The minimum atomic E-state index is -3.57. The van der Waals surface area contributed by atoms with E-state index < -0.39 is 27.3 Å². The van der Waals surface area contributed by atoms with Gasteiger partial charge in [0.1, 0.15) is 5.54 Å². The third-order valence-corrected chi connectivity index (χ3v) is 6.02. The molecule has 1 saturated heterocycles. The molecule has 0 aliphatic carbocycles. The molecule has 0 aromatic heterocycles. The van der Waals surface area contributed by atoms with Gasteiger partial charge in [-0.25, -0.2) is 13.2 Å². The van der Waals surface area contributed by atoms with Crippen LogP contribution in [0, 0.1) is 0 Å². The van der Waals surface area contributed by atoms with E-state index in [1.54, 1.807) is 49.4 Å². The third-order valence-electron chi connectivity index (χ3n) is 4.31. The number of nitrogens with one attached hydrogen (secondary N) is 1. The molecule has 1 heterocycles. The van der Waals surface area contributed by atoms with Gasteiger partial charge in [0.05, 0.1) is 10.6 Å². The number of rotatable bonds is 5. The van der Waals surface area contributed by atoms with Gasteiger partial charge in [0.2, 0.25) is 0 Å². The van der Waals surface area contributed by atoms with Gasteiger partial charge in [-0.3, -0.25) is 9.69 Å². The van der Waals surface area contributed by atoms with Crippen LogP contribution in [0.15, 0.2) is 65.6 Å². The van der Waals surface area contributed by atoms with Gasteiger partial charge in [-0.15, -0.1) is 0 Å². The second-order valence-corrected chi connectivity index (χ2v) is 8.12. The Balaban J connectivity index is 1.78. The minimum absolute atomic E-state index is 0.174. The smallest absolute Gasteiger partial charge is 0.319 e. The molecule has 25 heavy (non-hydrogen) atoms. The lowest BCUT2D eigenvalue weighted by Gasteiger charge is -2.22. The molecule has 1 fully saturated rings. The predicted octanol–water partition coefficient (Wildman–Crippen LogP) is 1.93. The maximum atomic E-state index is 12.7. The lowest BCUT2D eigenvalue weighted by molar-refractivity contribution is -0.130. The highest BCUT2D eigenvalue weighted by Gasteiger charge is 2.48. The first-order valence-corrected chi connectivity index (χ1v) is 9.47. The number of carbonyl (C=O) groups is 2. The fourth-order valence-corrected chi connectivity index (χ4v) is 4.05. The van der Waals surface area contributed by atoms with E-state index in [-0.39, 0.29) is 17.2 Å². The van der Waals surface area contributed by atoms with Gasteiger partial charge in [0.15, 0.2) is 9.84 Å². The number of benzene rings is 2. The number of imide groups is 1. The Labute approximate surface area is 146 Å². The molecular formula is C18H18N2O4S. The van der Waals surface area contributed by atoms with E-state index in [0.29, 0.717) is 5.56 Å². The van der Waals surface area contributed by atoms with E-state index in [1.807, 2.05) is 6.07 Å². The van der Waals surface area contributed by atoms with Crippen LogP contribution in [0.4, 0.5) is 4.79 Å². The van der Waals surface area contributed by atoms with E-state index >= 15 is 0 Å². The first-order chi connectivity index (χ1) is 11.8. The summed E-state index contributed by atoms with van der Waals surface area (Å²) in [6, 6.07) is 16.3. The van der Waals surface area contributed by atoms with Crippen LogP contribution in [0.5, 0.6) is 0 Å². The zero-order chi connectivity index (χ0) is 18.1. The Kier molecular flexibility index (Phi) is 4.34. The van der Waals surface area contributed by atoms with Crippen LogP contribution in [0.3, 0.4) is 0 Å². The molecule has 1 aliphatic rings. The van der Waals surface area contributed by atoms with Crippen molar-refractivity contribution in [1.29, 1.82) is 0 Å². The van der Waals surface area contributed by atoms with Gasteiger partial charge in [0.25, 0.3) is 5.91 Å². The maximum absolute atomic E-state index is 12.7. The molecule has 130 valence electrons. The van der Waals surface area contributed by atoms with Gasteiger partial charge in [-0.2, -0.15) is 0 Å². The molecule has 7 heteroatoms. The highest BCUT2D eigenvalue weighted by Crippen LogP contribution is 2.28. The Morgan fingerprint density at radius 1 is 0.960 bits per heavy atom. The van der Waals surface area contributed by atoms with Gasteiger partial charge in [0, 0.05) is 6.54 Å². The molecule has 1 aliphatic heterocycles. The summed E-state index contributed by atoms with van der Waals surface area (Å²) >= 11 is 0. The normalized spacial score (nSPS) is 20.6. The maximum Gasteiger partial charge on any atom is 0.325 e. The van der Waals surface area contributed by atoms with Crippen LogP contribution >= 0.6 is 0 Å². The van der Waals surface area contributed by atoms with Gasteiger partial charge >= 0.3 is 6.03 Å². The van der Waals surface area contributed by atoms with Crippen molar-refractivity contribution in [2.75, 3.05) is 12.3 Å². The molecule has 6 nitrogen and oxygen atoms in total. The van der Waals surface area contributed by atoms with Crippen molar-refractivity contribution < 1.29 is 18.0 Å². The summed E-state index contributed by atoms with van der Waals surface area (Å²) in [5, 5.41) is 2.67. The number of carbonyl (C=O) groups excluding carboxylic acids is 2. The van der Waals surface area contributed by atoms with Crippen LogP contribution in [-0.2, 0) is 20.2 Å². The second kappa shape index (κ2) is 6.33. The number of nitrogens with zero attached hydrogens (tertiary/aromatic N) is 1. The van der Waals surface area contributed by atoms with Crippen LogP contribution in [-0.4, -0.2) is 37.6 Å². The summed E-state index contributed by atoms with van der Waals surface area (Å²) in [6.07, 6.45) is 0. The SMILES string of the molecule is CC1(c2ccccc2)NC(=O)N(CCS(=O)(=O)c2ccccc2)C1=O. The zero-order valence-corrected chi connectivity index (χ0v) is 14.5.